The van der Waals surface area contributed by atoms with Gasteiger partial charge in [0.15, 0.2) is 5.69 Å². The second-order valence-electron chi connectivity index (χ2n) is 10.5. The topological polar surface area (TPSA) is 106 Å². The van der Waals surface area contributed by atoms with Crippen molar-refractivity contribution in [3.8, 4) is 11.1 Å². The molecule has 3 N–H and O–H groups in total. The van der Waals surface area contributed by atoms with Crippen LogP contribution in [0.5, 0.6) is 0 Å². The molecule has 0 saturated heterocycles. The van der Waals surface area contributed by atoms with Gasteiger partial charge < -0.3 is 16.0 Å². The van der Waals surface area contributed by atoms with Crippen molar-refractivity contribution >= 4 is 11.8 Å². The number of amides is 2. The van der Waals surface area contributed by atoms with E-state index in [1.54, 1.807) is 19.2 Å². The molecule has 1 unspecified atom stereocenters. The number of hydrogen-bond donors (Lipinski definition) is 2. The van der Waals surface area contributed by atoms with Gasteiger partial charge in [-0.2, -0.15) is 18.3 Å². The predicted octanol–water partition coefficient (Wildman–Crippen LogP) is 4.57. The molecule has 0 spiro atoms. The summed E-state index contributed by atoms with van der Waals surface area (Å²) in [6, 6.07) is 8.52. The molecule has 8 nitrogen and oxygen atoms in total. The van der Waals surface area contributed by atoms with Gasteiger partial charge in [0.25, 0.3) is 5.91 Å². The van der Waals surface area contributed by atoms with Gasteiger partial charge in [0.05, 0.1) is 23.0 Å². The van der Waals surface area contributed by atoms with Crippen molar-refractivity contribution in [2.45, 2.75) is 38.1 Å². The Bertz CT molecular complexity index is 1720. The molecule has 0 bridgehead atoms. The Morgan fingerprint density at radius 2 is 1.80 bits per heavy atom. The van der Waals surface area contributed by atoms with E-state index >= 15 is 0 Å². The molecule has 1 aliphatic rings. The molecule has 14 heteroatoms. The number of alkyl halides is 3. The number of nitrogens with one attached hydrogen (secondary N) is 1. The van der Waals surface area contributed by atoms with Gasteiger partial charge in [-0.3, -0.25) is 19.3 Å². The van der Waals surface area contributed by atoms with Crippen LogP contribution in [-0.2, 0) is 36.9 Å². The van der Waals surface area contributed by atoms with Crippen LogP contribution in [0, 0.1) is 17.5 Å². The van der Waals surface area contributed by atoms with Crippen molar-refractivity contribution in [1.82, 2.24) is 25.0 Å². The Kier molecular flexibility index (Phi) is 8.46. The van der Waals surface area contributed by atoms with E-state index in [2.05, 4.69) is 15.4 Å². The molecular weight excluding hydrogens is 590 g/mol. The largest absolute Gasteiger partial charge is 0.435 e. The normalized spacial score (nSPS) is 14.2. The zero-order chi connectivity index (χ0) is 31.8. The second kappa shape index (κ2) is 12.1. The zero-order valence-electron chi connectivity index (χ0n) is 23.3. The molecular formula is C30H26F6N6O2. The van der Waals surface area contributed by atoms with Gasteiger partial charge in [0.1, 0.15) is 24.0 Å². The van der Waals surface area contributed by atoms with E-state index in [1.807, 2.05) is 4.90 Å². The minimum atomic E-state index is -4.71. The van der Waals surface area contributed by atoms with Crippen LogP contribution in [0.25, 0.3) is 11.1 Å². The fourth-order valence-corrected chi connectivity index (χ4v) is 5.35. The minimum Gasteiger partial charge on any atom is -0.366 e. The fraction of sp³-hybridized carbons (Fsp3) is 0.267. The fourth-order valence-electron chi connectivity index (χ4n) is 5.35. The Hall–Kier alpha value is -4.72. The Morgan fingerprint density at radius 3 is 2.48 bits per heavy atom. The molecule has 1 aliphatic heterocycles. The molecule has 0 radical (unpaired) electrons. The second-order valence-corrected chi connectivity index (χ2v) is 10.5. The third-order valence-corrected chi connectivity index (χ3v) is 7.30. The first-order valence-corrected chi connectivity index (χ1v) is 13.4. The van der Waals surface area contributed by atoms with Crippen molar-refractivity contribution in [1.29, 1.82) is 0 Å². The standard InChI is InChI=1S/C30H26F6N6O2/c1-41-8-6-21-25(14-41)42(40-28(21)30(34,35)36)15-26(43)39-24(11-16-9-18(31)13-19(32)10-16)27-20(3-2-7-38-27)17-4-5-23(33)22(12-17)29(37)44/h2-5,7,9-10,12-13,24H,6,8,11,14-15H2,1H3,(H2,37,44)(H,39,43). The zero-order valence-corrected chi connectivity index (χ0v) is 23.3. The number of aromatic nitrogens is 3. The summed E-state index contributed by atoms with van der Waals surface area (Å²) in [5.74, 6) is -4.32. The highest BCUT2D eigenvalue weighted by atomic mass is 19.4. The first-order valence-electron chi connectivity index (χ1n) is 13.4. The summed E-state index contributed by atoms with van der Waals surface area (Å²) < 4.78 is 84.7. The molecule has 4 aromatic rings. The van der Waals surface area contributed by atoms with Gasteiger partial charge in [0.2, 0.25) is 5.91 Å². The molecule has 2 aromatic carbocycles. The van der Waals surface area contributed by atoms with Crippen LogP contribution in [0.4, 0.5) is 26.3 Å². The molecule has 0 aliphatic carbocycles. The SMILES string of the molecule is CN1CCc2c(C(F)(F)F)nn(CC(=O)NC(Cc3cc(F)cc(F)c3)c3ncccc3-c3ccc(F)c(C(N)=O)c3)c2C1. The number of hydrogen-bond acceptors (Lipinski definition) is 5. The molecule has 2 aromatic heterocycles. The smallest absolute Gasteiger partial charge is 0.366 e. The molecule has 44 heavy (non-hydrogen) atoms. The highest BCUT2D eigenvalue weighted by molar-refractivity contribution is 5.94. The van der Waals surface area contributed by atoms with E-state index in [1.165, 1.54) is 18.3 Å². The average Bonchev–Trinajstić information content (AvgIpc) is 3.30. The highest BCUT2D eigenvalue weighted by Gasteiger charge is 2.40. The van der Waals surface area contributed by atoms with Gasteiger partial charge in [-0.1, -0.05) is 12.1 Å². The summed E-state index contributed by atoms with van der Waals surface area (Å²) in [7, 11) is 1.74. The summed E-state index contributed by atoms with van der Waals surface area (Å²) in [6.07, 6.45) is -3.38. The van der Waals surface area contributed by atoms with E-state index in [4.69, 9.17) is 5.73 Å². The number of carbonyl (C=O) groups is 2. The average molecular weight is 617 g/mol. The van der Waals surface area contributed by atoms with Crippen LogP contribution >= 0.6 is 0 Å². The van der Waals surface area contributed by atoms with Crippen molar-refractivity contribution in [3.63, 3.8) is 0 Å². The van der Waals surface area contributed by atoms with Crippen LogP contribution in [0.2, 0.25) is 0 Å². The maximum Gasteiger partial charge on any atom is 0.435 e. The summed E-state index contributed by atoms with van der Waals surface area (Å²) in [5, 5.41) is 6.46. The minimum absolute atomic E-state index is 0.0313. The van der Waals surface area contributed by atoms with Gasteiger partial charge in [-0.25, -0.2) is 13.2 Å². The van der Waals surface area contributed by atoms with Crippen molar-refractivity contribution < 1.29 is 35.9 Å². The van der Waals surface area contributed by atoms with Crippen molar-refractivity contribution in [3.05, 3.63) is 106 Å². The Balaban J connectivity index is 1.53. The lowest BCUT2D eigenvalue weighted by Gasteiger charge is -2.24. The summed E-state index contributed by atoms with van der Waals surface area (Å²) >= 11 is 0. The van der Waals surface area contributed by atoms with E-state index < -0.39 is 53.7 Å². The lowest BCUT2D eigenvalue weighted by Crippen LogP contribution is -2.35. The van der Waals surface area contributed by atoms with Crippen LogP contribution in [0.3, 0.4) is 0 Å². The number of primary amides is 1. The number of rotatable bonds is 8. The quantitative estimate of drug-likeness (QED) is 0.282. The third kappa shape index (κ3) is 6.59. The number of halogens is 6. The van der Waals surface area contributed by atoms with Crippen LogP contribution in [0.1, 0.15) is 44.6 Å². The van der Waals surface area contributed by atoms with Crippen LogP contribution in [-0.4, -0.2) is 45.1 Å². The first-order chi connectivity index (χ1) is 20.8. The van der Waals surface area contributed by atoms with E-state index in [0.717, 1.165) is 22.9 Å². The molecule has 3 heterocycles. The Labute approximate surface area is 247 Å². The number of likely N-dealkylation sites (N-methyl/N-ethyl adjacent to an activating group) is 1. The summed E-state index contributed by atoms with van der Waals surface area (Å²) in [4.78, 5) is 31.4. The van der Waals surface area contributed by atoms with Gasteiger partial charge in [-0.15, -0.1) is 0 Å². The predicted molar refractivity (Wildman–Crippen MR) is 146 cm³/mol. The maximum absolute atomic E-state index is 14.2. The van der Waals surface area contributed by atoms with E-state index in [0.29, 0.717) is 23.7 Å². The first kappa shape index (κ1) is 30.7. The molecule has 5 rings (SSSR count). The Morgan fingerprint density at radius 1 is 1.07 bits per heavy atom. The maximum atomic E-state index is 14.2. The molecule has 230 valence electrons. The van der Waals surface area contributed by atoms with E-state index in [-0.39, 0.29) is 47.5 Å². The summed E-state index contributed by atoms with van der Waals surface area (Å²) in [6.45, 7) is -0.0385. The number of pyridine rings is 1. The van der Waals surface area contributed by atoms with Crippen LogP contribution in [0.15, 0.2) is 54.7 Å². The van der Waals surface area contributed by atoms with Gasteiger partial charge in [-0.05, 0) is 61.3 Å². The molecule has 1 atom stereocenters. The molecule has 2 amide bonds. The lowest BCUT2D eigenvalue weighted by molar-refractivity contribution is -0.142. The lowest BCUT2D eigenvalue weighted by atomic mass is 9.94. The molecule has 0 saturated carbocycles. The monoisotopic (exact) mass is 616 g/mol. The van der Waals surface area contributed by atoms with Gasteiger partial charge >= 0.3 is 6.18 Å². The highest BCUT2D eigenvalue weighted by Crippen LogP contribution is 2.35. The number of nitrogens with two attached hydrogens (primary N) is 1. The number of nitrogens with zero attached hydrogens (tertiary/aromatic N) is 4. The van der Waals surface area contributed by atoms with Crippen molar-refractivity contribution in [2.75, 3.05) is 13.6 Å². The number of fused-ring (bicyclic) bond motifs is 1. The van der Waals surface area contributed by atoms with E-state index in [9.17, 15) is 35.9 Å². The van der Waals surface area contributed by atoms with Crippen LogP contribution < -0.4 is 11.1 Å². The van der Waals surface area contributed by atoms with Crippen molar-refractivity contribution in [2.24, 2.45) is 5.73 Å². The summed E-state index contributed by atoms with van der Waals surface area (Å²) in [5.41, 5.74) is 5.15. The number of carbonyl (C=O) groups excluding carboxylic acids is 2. The third-order valence-electron chi connectivity index (χ3n) is 7.30. The van der Waals surface area contributed by atoms with Gasteiger partial charge in [0, 0.05) is 36.5 Å². The number of benzene rings is 2. The molecule has 0 fully saturated rings.